The van der Waals surface area contributed by atoms with E-state index in [1.807, 2.05) is 12.1 Å². The Morgan fingerprint density at radius 1 is 0.966 bits per heavy atom. The van der Waals surface area contributed by atoms with Crippen LogP contribution in [0.4, 0.5) is 0 Å². The SMILES string of the molecule is CC(=CCC(C)(C)CC(C)=CCC1=C(C)C(=O)c2ccccc2C1=O)CC(C)C. The number of carbonyl (C=O) groups excluding carboxylic acids is 2. The maximum absolute atomic E-state index is 12.9. The molecular formula is C27H36O2. The monoisotopic (exact) mass is 392 g/mol. The molecule has 0 saturated carbocycles. The molecular weight excluding hydrogens is 356 g/mol. The van der Waals surface area contributed by atoms with Gasteiger partial charge in [-0.15, -0.1) is 0 Å². The fourth-order valence-corrected chi connectivity index (χ4v) is 4.15. The fraction of sp³-hybridized carbons (Fsp3) is 0.481. The van der Waals surface area contributed by atoms with Crippen molar-refractivity contribution < 1.29 is 9.59 Å². The molecule has 0 bridgehead atoms. The number of Topliss-reactive ketones (excluding diaryl/α,β-unsaturated/α-hetero) is 2. The van der Waals surface area contributed by atoms with Crippen molar-refractivity contribution in [2.45, 2.75) is 74.1 Å². The van der Waals surface area contributed by atoms with E-state index in [-0.39, 0.29) is 17.0 Å². The van der Waals surface area contributed by atoms with Crippen LogP contribution in [-0.4, -0.2) is 11.6 Å². The molecule has 2 rings (SSSR count). The van der Waals surface area contributed by atoms with Gasteiger partial charge in [0.05, 0.1) is 0 Å². The van der Waals surface area contributed by atoms with E-state index < -0.39 is 0 Å². The molecule has 0 N–H and O–H groups in total. The topological polar surface area (TPSA) is 34.1 Å². The van der Waals surface area contributed by atoms with Crippen LogP contribution in [-0.2, 0) is 0 Å². The third-order valence-electron chi connectivity index (χ3n) is 5.63. The molecule has 29 heavy (non-hydrogen) atoms. The number of rotatable bonds is 8. The first-order valence-electron chi connectivity index (χ1n) is 10.7. The molecule has 1 aromatic rings. The molecule has 1 aromatic carbocycles. The van der Waals surface area contributed by atoms with Crippen LogP contribution in [0.1, 0.15) is 94.9 Å². The van der Waals surface area contributed by atoms with E-state index >= 15 is 0 Å². The standard InChI is InChI=1S/C27H36O2/c1-18(2)16-19(3)14-15-27(6,7)17-20(4)12-13-22-21(5)25(28)23-10-8-9-11-24(23)26(22)29/h8-12,14,18H,13,15-17H2,1-7H3. The Morgan fingerprint density at radius 3 is 2.14 bits per heavy atom. The smallest absolute Gasteiger partial charge is 0.190 e. The molecule has 0 spiro atoms. The summed E-state index contributed by atoms with van der Waals surface area (Å²) in [6, 6.07) is 7.13. The van der Waals surface area contributed by atoms with Gasteiger partial charge in [0.2, 0.25) is 0 Å². The van der Waals surface area contributed by atoms with Crippen LogP contribution in [0.15, 0.2) is 58.7 Å². The largest absolute Gasteiger partial charge is 0.289 e. The Labute approximate surface area is 176 Å². The van der Waals surface area contributed by atoms with E-state index in [0.717, 1.165) is 19.3 Å². The number of ketones is 2. The van der Waals surface area contributed by atoms with Crippen LogP contribution >= 0.6 is 0 Å². The van der Waals surface area contributed by atoms with Crippen molar-refractivity contribution in [1.29, 1.82) is 0 Å². The Hall–Kier alpha value is -2.22. The summed E-state index contributed by atoms with van der Waals surface area (Å²) >= 11 is 0. The zero-order valence-electron chi connectivity index (χ0n) is 19.2. The summed E-state index contributed by atoms with van der Waals surface area (Å²) in [6.45, 7) is 15.2. The highest BCUT2D eigenvalue weighted by Crippen LogP contribution is 2.32. The molecule has 1 aliphatic rings. The molecule has 0 atom stereocenters. The number of benzene rings is 1. The second-order valence-electron chi connectivity index (χ2n) is 9.76. The molecule has 0 fully saturated rings. The van der Waals surface area contributed by atoms with Gasteiger partial charge in [-0.25, -0.2) is 0 Å². The zero-order chi connectivity index (χ0) is 21.8. The van der Waals surface area contributed by atoms with Crippen molar-refractivity contribution in [1.82, 2.24) is 0 Å². The van der Waals surface area contributed by atoms with E-state index in [2.05, 4.69) is 53.7 Å². The van der Waals surface area contributed by atoms with Crippen LogP contribution in [0.2, 0.25) is 0 Å². The lowest BCUT2D eigenvalue weighted by Gasteiger charge is -2.24. The van der Waals surface area contributed by atoms with Gasteiger partial charge in [0.25, 0.3) is 0 Å². The summed E-state index contributed by atoms with van der Waals surface area (Å²) in [5, 5.41) is 0. The van der Waals surface area contributed by atoms with Crippen molar-refractivity contribution in [2.75, 3.05) is 0 Å². The summed E-state index contributed by atoms with van der Waals surface area (Å²) in [7, 11) is 0. The van der Waals surface area contributed by atoms with E-state index in [9.17, 15) is 9.59 Å². The van der Waals surface area contributed by atoms with Gasteiger partial charge >= 0.3 is 0 Å². The number of hydrogen-bond donors (Lipinski definition) is 0. The van der Waals surface area contributed by atoms with E-state index in [0.29, 0.717) is 34.6 Å². The normalized spacial score (nSPS) is 16.0. The minimum atomic E-state index is -0.0210. The third kappa shape index (κ3) is 6.13. The first-order valence-corrected chi connectivity index (χ1v) is 10.7. The number of fused-ring (bicyclic) bond motifs is 1. The zero-order valence-corrected chi connectivity index (χ0v) is 19.2. The lowest BCUT2D eigenvalue weighted by Crippen LogP contribution is -2.20. The van der Waals surface area contributed by atoms with Crippen molar-refractivity contribution in [3.05, 3.63) is 69.8 Å². The quantitative estimate of drug-likeness (QED) is 0.429. The van der Waals surface area contributed by atoms with Gasteiger partial charge in [0.15, 0.2) is 11.6 Å². The lowest BCUT2D eigenvalue weighted by molar-refractivity contribution is 0.0973. The second kappa shape index (κ2) is 9.52. The van der Waals surface area contributed by atoms with Crippen LogP contribution in [0.5, 0.6) is 0 Å². The highest BCUT2D eigenvalue weighted by atomic mass is 16.1. The minimum Gasteiger partial charge on any atom is -0.289 e. The molecule has 2 heteroatoms. The van der Waals surface area contributed by atoms with Gasteiger partial charge in [-0.2, -0.15) is 0 Å². The number of carbonyl (C=O) groups is 2. The Morgan fingerprint density at radius 2 is 1.55 bits per heavy atom. The van der Waals surface area contributed by atoms with E-state index in [4.69, 9.17) is 0 Å². The maximum atomic E-state index is 12.9. The molecule has 0 amide bonds. The van der Waals surface area contributed by atoms with Gasteiger partial charge < -0.3 is 0 Å². The van der Waals surface area contributed by atoms with Gasteiger partial charge in [0.1, 0.15) is 0 Å². The van der Waals surface area contributed by atoms with Crippen LogP contribution < -0.4 is 0 Å². The van der Waals surface area contributed by atoms with Crippen molar-refractivity contribution in [3.63, 3.8) is 0 Å². The predicted molar refractivity (Wildman–Crippen MR) is 122 cm³/mol. The number of allylic oxidation sites excluding steroid dienone is 6. The average Bonchev–Trinajstić information content (AvgIpc) is 2.64. The summed E-state index contributed by atoms with van der Waals surface area (Å²) < 4.78 is 0. The Kier molecular flexibility index (Phi) is 7.57. The summed E-state index contributed by atoms with van der Waals surface area (Å²) in [5.41, 5.74) is 5.19. The number of hydrogen-bond acceptors (Lipinski definition) is 2. The van der Waals surface area contributed by atoms with Crippen molar-refractivity contribution in [3.8, 4) is 0 Å². The molecule has 0 unspecified atom stereocenters. The van der Waals surface area contributed by atoms with E-state index in [1.54, 1.807) is 19.1 Å². The van der Waals surface area contributed by atoms with Gasteiger partial charge in [-0.05, 0) is 57.8 Å². The molecule has 2 nitrogen and oxygen atoms in total. The van der Waals surface area contributed by atoms with Crippen LogP contribution in [0.25, 0.3) is 0 Å². The first-order chi connectivity index (χ1) is 13.5. The van der Waals surface area contributed by atoms with E-state index in [1.165, 1.54) is 11.1 Å². The molecule has 0 aliphatic heterocycles. The molecule has 1 aliphatic carbocycles. The molecule has 0 saturated heterocycles. The summed E-state index contributed by atoms with van der Waals surface area (Å²) in [6.07, 6.45) is 8.20. The van der Waals surface area contributed by atoms with Crippen LogP contribution in [0, 0.1) is 11.3 Å². The van der Waals surface area contributed by atoms with Gasteiger partial charge in [-0.1, -0.05) is 75.3 Å². The van der Waals surface area contributed by atoms with Crippen LogP contribution in [0.3, 0.4) is 0 Å². The first kappa shape index (κ1) is 23.1. The Bertz CT molecular complexity index is 876. The fourth-order valence-electron chi connectivity index (χ4n) is 4.15. The van der Waals surface area contributed by atoms with Gasteiger partial charge in [-0.3, -0.25) is 9.59 Å². The molecule has 156 valence electrons. The average molecular weight is 393 g/mol. The lowest BCUT2D eigenvalue weighted by atomic mass is 9.80. The van der Waals surface area contributed by atoms with Gasteiger partial charge in [0, 0.05) is 22.3 Å². The second-order valence-corrected chi connectivity index (χ2v) is 9.76. The Balaban J connectivity index is 2.08. The predicted octanol–water partition coefficient (Wildman–Crippen LogP) is 7.52. The molecule has 0 heterocycles. The van der Waals surface area contributed by atoms with Crippen molar-refractivity contribution in [2.24, 2.45) is 11.3 Å². The maximum Gasteiger partial charge on any atom is 0.190 e. The third-order valence-corrected chi connectivity index (χ3v) is 5.63. The minimum absolute atomic E-state index is 0.00625. The molecule has 0 aromatic heterocycles. The van der Waals surface area contributed by atoms with Crippen molar-refractivity contribution >= 4 is 11.6 Å². The highest BCUT2D eigenvalue weighted by molar-refractivity contribution is 6.26. The highest BCUT2D eigenvalue weighted by Gasteiger charge is 2.28. The summed E-state index contributed by atoms with van der Waals surface area (Å²) in [5.74, 6) is 0.661. The summed E-state index contributed by atoms with van der Waals surface area (Å²) in [4.78, 5) is 25.5. The molecule has 0 radical (unpaired) electrons.